The monoisotopic (exact) mass is 393 g/mol. The van der Waals surface area contributed by atoms with Crippen LogP contribution in [0.2, 0.25) is 0 Å². The van der Waals surface area contributed by atoms with Gasteiger partial charge < -0.3 is 10.2 Å². The molecule has 1 N–H and O–H groups in total. The van der Waals surface area contributed by atoms with Crippen molar-refractivity contribution in [2.24, 2.45) is 5.92 Å². The van der Waals surface area contributed by atoms with Crippen LogP contribution in [0.5, 0.6) is 0 Å². The number of nitriles is 1. The van der Waals surface area contributed by atoms with Crippen molar-refractivity contribution in [1.82, 2.24) is 4.90 Å². The molecule has 0 bridgehead atoms. The minimum absolute atomic E-state index is 0.0195. The Morgan fingerprint density at radius 2 is 1.89 bits per heavy atom. The topological polar surface area (TPSA) is 73.2 Å². The molecule has 144 valence electrons. The zero-order valence-corrected chi connectivity index (χ0v) is 16.5. The summed E-state index contributed by atoms with van der Waals surface area (Å²) < 4.78 is 0. The van der Waals surface area contributed by atoms with E-state index in [2.05, 4.69) is 11.4 Å². The van der Waals surface area contributed by atoms with Gasteiger partial charge in [-0.05, 0) is 42.7 Å². The molecule has 1 unspecified atom stereocenters. The molecule has 6 heteroatoms. The minimum Gasteiger partial charge on any atom is -0.341 e. The van der Waals surface area contributed by atoms with Crippen molar-refractivity contribution in [3.8, 4) is 6.07 Å². The van der Waals surface area contributed by atoms with Crippen molar-refractivity contribution in [1.29, 1.82) is 5.26 Å². The van der Waals surface area contributed by atoms with E-state index in [4.69, 9.17) is 5.26 Å². The first-order valence-corrected chi connectivity index (χ1v) is 10.5. The number of carbonyl (C=O) groups excluding carboxylic acids is 2. The Hall–Kier alpha value is -2.78. The number of nitrogens with one attached hydrogen (secondary N) is 1. The molecule has 3 rings (SSSR count). The van der Waals surface area contributed by atoms with Crippen LogP contribution in [0.3, 0.4) is 0 Å². The van der Waals surface area contributed by atoms with Gasteiger partial charge in [0.05, 0.1) is 23.3 Å². The summed E-state index contributed by atoms with van der Waals surface area (Å²) in [6, 6.07) is 18.9. The van der Waals surface area contributed by atoms with Gasteiger partial charge in [0.25, 0.3) is 0 Å². The van der Waals surface area contributed by atoms with Crippen molar-refractivity contribution >= 4 is 29.3 Å². The SMILES string of the molecule is N#Cc1ccc(CSCC(=O)N2CCCC(C(=O)Nc3ccccc3)C2)cc1. The van der Waals surface area contributed by atoms with Gasteiger partial charge in [-0.1, -0.05) is 30.3 Å². The number of likely N-dealkylation sites (tertiary alicyclic amines) is 1. The largest absolute Gasteiger partial charge is 0.341 e. The van der Waals surface area contributed by atoms with Crippen molar-refractivity contribution in [2.75, 3.05) is 24.2 Å². The molecule has 2 amide bonds. The van der Waals surface area contributed by atoms with Gasteiger partial charge in [0.2, 0.25) is 11.8 Å². The number of rotatable bonds is 6. The molecular formula is C22H23N3O2S. The first-order chi connectivity index (χ1) is 13.7. The van der Waals surface area contributed by atoms with Crippen LogP contribution in [0, 0.1) is 17.2 Å². The highest BCUT2D eigenvalue weighted by molar-refractivity contribution is 7.99. The van der Waals surface area contributed by atoms with Crippen LogP contribution in [0.1, 0.15) is 24.0 Å². The molecule has 0 radical (unpaired) electrons. The maximum Gasteiger partial charge on any atom is 0.232 e. The van der Waals surface area contributed by atoms with Gasteiger partial charge in [-0.2, -0.15) is 5.26 Å². The highest BCUT2D eigenvalue weighted by atomic mass is 32.2. The normalized spacial score (nSPS) is 16.2. The first-order valence-electron chi connectivity index (χ1n) is 9.36. The fourth-order valence-electron chi connectivity index (χ4n) is 3.21. The molecule has 0 spiro atoms. The van der Waals surface area contributed by atoms with Gasteiger partial charge in [0.15, 0.2) is 0 Å². The van der Waals surface area contributed by atoms with E-state index in [1.54, 1.807) is 23.9 Å². The second kappa shape index (κ2) is 9.95. The van der Waals surface area contributed by atoms with E-state index in [1.807, 2.05) is 47.4 Å². The number of benzene rings is 2. The Balaban J connectivity index is 1.45. The van der Waals surface area contributed by atoms with Crippen LogP contribution in [0.4, 0.5) is 5.69 Å². The molecule has 0 aliphatic carbocycles. The average molecular weight is 394 g/mol. The lowest BCUT2D eigenvalue weighted by atomic mass is 9.97. The van der Waals surface area contributed by atoms with E-state index in [0.29, 0.717) is 24.4 Å². The predicted octanol–water partition coefficient (Wildman–Crippen LogP) is 3.67. The summed E-state index contributed by atoms with van der Waals surface area (Å²) in [6.45, 7) is 1.19. The second-order valence-electron chi connectivity index (χ2n) is 6.84. The highest BCUT2D eigenvalue weighted by Gasteiger charge is 2.28. The Kier molecular flexibility index (Phi) is 7.10. The number of anilines is 1. The zero-order valence-electron chi connectivity index (χ0n) is 15.6. The number of hydrogen-bond donors (Lipinski definition) is 1. The summed E-state index contributed by atoms with van der Waals surface area (Å²) in [5, 5.41) is 11.8. The van der Waals surface area contributed by atoms with Crippen molar-refractivity contribution in [2.45, 2.75) is 18.6 Å². The minimum atomic E-state index is -0.165. The summed E-state index contributed by atoms with van der Waals surface area (Å²) in [7, 11) is 0. The fraction of sp³-hybridized carbons (Fsp3) is 0.318. The molecule has 1 fully saturated rings. The van der Waals surface area contributed by atoms with E-state index in [0.717, 1.165) is 29.8 Å². The molecule has 2 aromatic carbocycles. The lowest BCUT2D eigenvalue weighted by Gasteiger charge is -2.32. The molecule has 28 heavy (non-hydrogen) atoms. The van der Waals surface area contributed by atoms with Gasteiger partial charge in [-0.15, -0.1) is 11.8 Å². The number of piperidine rings is 1. The maximum absolute atomic E-state index is 12.5. The van der Waals surface area contributed by atoms with Crippen LogP contribution >= 0.6 is 11.8 Å². The predicted molar refractivity (Wildman–Crippen MR) is 112 cm³/mol. The third-order valence-corrected chi connectivity index (χ3v) is 5.75. The summed E-state index contributed by atoms with van der Waals surface area (Å²) in [5.74, 6) is 1.02. The molecule has 2 aromatic rings. The van der Waals surface area contributed by atoms with E-state index in [1.165, 1.54) is 0 Å². The third kappa shape index (κ3) is 5.61. The van der Waals surface area contributed by atoms with Gasteiger partial charge >= 0.3 is 0 Å². The van der Waals surface area contributed by atoms with Crippen LogP contribution in [0.15, 0.2) is 54.6 Å². The first kappa shape index (κ1) is 20.0. The van der Waals surface area contributed by atoms with Crippen molar-refractivity contribution in [3.63, 3.8) is 0 Å². The number of hydrogen-bond acceptors (Lipinski definition) is 4. The van der Waals surface area contributed by atoms with E-state index in [-0.39, 0.29) is 17.7 Å². The number of thioether (sulfide) groups is 1. The molecule has 0 aromatic heterocycles. The number of nitrogens with zero attached hydrogens (tertiary/aromatic N) is 2. The number of carbonyl (C=O) groups is 2. The molecule has 1 atom stereocenters. The smallest absolute Gasteiger partial charge is 0.232 e. The highest BCUT2D eigenvalue weighted by Crippen LogP contribution is 2.21. The van der Waals surface area contributed by atoms with Crippen molar-refractivity contribution < 1.29 is 9.59 Å². The van der Waals surface area contributed by atoms with Gasteiger partial charge in [0, 0.05) is 24.5 Å². The van der Waals surface area contributed by atoms with E-state index < -0.39 is 0 Å². The van der Waals surface area contributed by atoms with Crippen LogP contribution in [0.25, 0.3) is 0 Å². The van der Waals surface area contributed by atoms with Gasteiger partial charge in [-0.3, -0.25) is 9.59 Å². The fourth-order valence-corrected chi connectivity index (χ4v) is 4.09. The van der Waals surface area contributed by atoms with E-state index >= 15 is 0 Å². The summed E-state index contributed by atoms with van der Waals surface area (Å²) >= 11 is 1.56. The molecule has 1 aliphatic heterocycles. The quantitative estimate of drug-likeness (QED) is 0.813. The van der Waals surface area contributed by atoms with Crippen molar-refractivity contribution in [3.05, 3.63) is 65.7 Å². The molecule has 5 nitrogen and oxygen atoms in total. The summed E-state index contributed by atoms with van der Waals surface area (Å²) in [4.78, 5) is 26.9. The second-order valence-corrected chi connectivity index (χ2v) is 7.82. The van der Waals surface area contributed by atoms with Gasteiger partial charge in [-0.25, -0.2) is 0 Å². The van der Waals surface area contributed by atoms with E-state index in [9.17, 15) is 9.59 Å². The molecule has 1 saturated heterocycles. The Bertz CT molecular complexity index is 846. The lowest BCUT2D eigenvalue weighted by molar-refractivity contribution is -0.132. The molecule has 1 heterocycles. The van der Waals surface area contributed by atoms with Gasteiger partial charge in [0.1, 0.15) is 0 Å². The Morgan fingerprint density at radius 3 is 2.61 bits per heavy atom. The third-order valence-electron chi connectivity index (χ3n) is 4.76. The number of para-hydroxylation sites is 1. The maximum atomic E-state index is 12.5. The number of amides is 2. The lowest BCUT2D eigenvalue weighted by Crippen LogP contribution is -2.44. The molecular weight excluding hydrogens is 370 g/mol. The molecule has 1 aliphatic rings. The van der Waals surface area contributed by atoms with Crippen LogP contribution < -0.4 is 5.32 Å². The van der Waals surface area contributed by atoms with Crippen LogP contribution in [-0.4, -0.2) is 35.6 Å². The molecule has 0 saturated carbocycles. The standard InChI is InChI=1S/C22H23N3O2S/c23-13-17-8-10-18(11-9-17)15-28-16-21(26)25-12-4-5-19(14-25)22(27)24-20-6-2-1-3-7-20/h1-3,6-11,19H,4-5,12,14-16H2,(H,24,27). The summed E-state index contributed by atoms with van der Waals surface area (Å²) in [5.41, 5.74) is 2.52. The Labute approximate surface area is 169 Å². The average Bonchev–Trinajstić information content (AvgIpc) is 2.75. The van der Waals surface area contributed by atoms with Crippen LogP contribution in [-0.2, 0) is 15.3 Å². The summed E-state index contributed by atoms with van der Waals surface area (Å²) in [6.07, 6.45) is 1.65. The Morgan fingerprint density at radius 1 is 1.14 bits per heavy atom. The zero-order chi connectivity index (χ0) is 19.8.